The van der Waals surface area contributed by atoms with Gasteiger partial charge in [0, 0.05) is 27.3 Å². The lowest BCUT2D eigenvalue weighted by atomic mass is 9.93. The van der Waals surface area contributed by atoms with Crippen LogP contribution in [-0.4, -0.2) is 28.3 Å². The first-order valence-electron chi connectivity index (χ1n) is 9.26. The van der Waals surface area contributed by atoms with Gasteiger partial charge in [0.2, 0.25) is 0 Å². The highest BCUT2D eigenvalue weighted by Gasteiger charge is 2.40. The number of thioether (sulfide) groups is 1. The summed E-state index contributed by atoms with van der Waals surface area (Å²) >= 11 is 13.9. The average molecular weight is 534 g/mol. The Morgan fingerprint density at radius 3 is 2.56 bits per heavy atom. The molecule has 0 fully saturated rings. The number of aliphatic carboxylic acids is 1. The number of para-hydroxylation sites is 1. The first-order chi connectivity index (χ1) is 14.4. The van der Waals surface area contributed by atoms with Crippen LogP contribution in [0.25, 0.3) is 4.91 Å². The molecule has 10 heteroatoms. The van der Waals surface area contributed by atoms with Crippen LogP contribution in [0.2, 0.25) is 10.0 Å². The summed E-state index contributed by atoms with van der Waals surface area (Å²) in [5.41, 5.74) is 2.37. The molecular weight excluding hydrogens is 514 g/mol. The minimum absolute atomic E-state index is 0. The van der Waals surface area contributed by atoms with E-state index in [0.717, 1.165) is 16.0 Å². The molecule has 32 heavy (non-hydrogen) atoms. The van der Waals surface area contributed by atoms with Crippen LogP contribution < -0.4 is 4.74 Å². The number of aliphatic imine (C=N–C) groups is 1. The van der Waals surface area contributed by atoms with Crippen LogP contribution in [0.5, 0.6) is 5.75 Å². The minimum atomic E-state index is -0.998. The van der Waals surface area contributed by atoms with E-state index < -0.39 is 12.0 Å². The number of hydrogen-bond donors (Lipinski definition) is 1. The maximum Gasteiger partial charge on any atom is 0.335 e. The van der Waals surface area contributed by atoms with Crippen molar-refractivity contribution in [1.29, 1.82) is 0 Å². The summed E-state index contributed by atoms with van der Waals surface area (Å²) in [5.74, 6) is -0.378. The highest BCUT2D eigenvalue weighted by atomic mass is 35.5. The fraction of sp³-hybridized carbons (Fsp3) is 0.182. The number of fused-ring (bicyclic) bond motifs is 1. The van der Waals surface area contributed by atoms with Crippen LogP contribution in [0, 0.1) is 0 Å². The standard InChI is InChI=1S/C22H18Cl2N2O3S.2ClH/c1-3-16-19(21(27)28)20(14-6-4-5-7-17(14)29-2)26-11-18(30-22(26)25-16)13-9-8-12(23)10-15(13)24;;/h4-11,20H,3H2,1-2H3,(H,27,28);2*1H. The quantitative estimate of drug-likeness (QED) is 0.446. The number of hydrogen-bond acceptors (Lipinski definition) is 5. The van der Waals surface area contributed by atoms with Crippen molar-refractivity contribution in [3.8, 4) is 5.75 Å². The largest absolute Gasteiger partial charge is 0.496 e. The highest BCUT2D eigenvalue weighted by Crippen LogP contribution is 2.49. The van der Waals surface area contributed by atoms with Crippen molar-refractivity contribution in [1.82, 2.24) is 4.90 Å². The molecule has 0 radical (unpaired) electrons. The number of ether oxygens (including phenoxy) is 1. The maximum atomic E-state index is 12.3. The second kappa shape index (κ2) is 10.9. The Bertz CT molecular complexity index is 1130. The van der Waals surface area contributed by atoms with Crippen molar-refractivity contribution < 1.29 is 14.6 Å². The van der Waals surface area contributed by atoms with Crippen LogP contribution in [0.1, 0.15) is 30.5 Å². The van der Waals surface area contributed by atoms with Gasteiger partial charge in [-0.1, -0.05) is 54.4 Å². The average Bonchev–Trinajstić information content (AvgIpc) is 3.15. The summed E-state index contributed by atoms with van der Waals surface area (Å²) in [6, 6.07) is 12.2. The number of halogens is 4. The number of carboxylic acid groups (broad SMARTS) is 1. The molecule has 2 aliphatic heterocycles. The molecule has 0 saturated heterocycles. The molecule has 2 aromatic carbocycles. The van der Waals surface area contributed by atoms with Crippen molar-refractivity contribution in [3.63, 3.8) is 0 Å². The number of rotatable bonds is 5. The molecule has 1 unspecified atom stereocenters. The summed E-state index contributed by atoms with van der Waals surface area (Å²) in [5, 5.41) is 11.8. The van der Waals surface area contributed by atoms with E-state index >= 15 is 0 Å². The Kier molecular flexibility index (Phi) is 8.97. The summed E-state index contributed by atoms with van der Waals surface area (Å²) in [6.45, 7) is 1.90. The Morgan fingerprint density at radius 1 is 1.22 bits per heavy atom. The molecule has 0 saturated carbocycles. The van der Waals surface area contributed by atoms with E-state index in [2.05, 4.69) is 4.99 Å². The van der Waals surface area contributed by atoms with E-state index in [1.807, 2.05) is 48.4 Å². The lowest BCUT2D eigenvalue weighted by Gasteiger charge is -2.33. The third kappa shape index (κ3) is 4.75. The first kappa shape index (κ1) is 26.4. The molecule has 2 heterocycles. The van der Waals surface area contributed by atoms with Crippen molar-refractivity contribution in [2.24, 2.45) is 4.99 Å². The molecule has 0 bridgehead atoms. The van der Waals surface area contributed by atoms with E-state index in [1.54, 1.807) is 19.2 Å². The molecule has 0 spiro atoms. The van der Waals surface area contributed by atoms with E-state index in [9.17, 15) is 9.90 Å². The van der Waals surface area contributed by atoms with Crippen molar-refractivity contribution in [2.45, 2.75) is 19.4 Å². The van der Waals surface area contributed by atoms with E-state index in [4.69, 9.17) is 27.9 Å². The normalized spacial score (nSPS) is 17.0. The van der Waals surface area contributed by atoms with Crippen molar-refractivity contribution in [3.05, 3.63) is 81.1 Å². The molecule has 5 nitrogen and oxygen atoms in total. The number of methoxy groups -OCH3 is 1. The molecule has 2 aliphatic rings. The number of carbonyl (C=O) groups is 1. The van der Waals surface area contributed by atoms with Crippen LogP contribution in [0.4, 0.5) is 0 Å². The molecule has 1 N–H and O–H groups in total. The van der Waals surface area contributed by atoms with Gasteiger partial charge >= 0.3 is 5.97 Å². The van der Waals surface area contributed by atoms with Gasteiger partial charge in [-0.2, -0.15) is 0 Å². The van der Waals surface area contributed by atoms with Crippen molar-refractivity contribution in [2.75, 3.05) is 7.11 Å². The summed E-state index contributed by atoms with van der Waals surface area (Å²) in [4.78, 5) is 19.7. The third-order valence-corrected chi connectivity index (χ3v) is 6.54. The molecule has 2 aromatic rings. The maximum absolute atomic E-state index is 12.3. The van der Waals surface area contributed by atoms with Gasteiger partial charge in [0.25, 0.3) is 0 Å². The monoisotopic (exact) mass is 532 g/mol. The Hall–Kier alpha value is -1.83. The zero-order valence-electron chi connectivity index (χ0n) is 17.0. The fourth-order valence-electron chi connectivity index (χ4n) is 3.62. The number of amidine groups is 1. The number of benzene rings is 2. The van der Waals surface area contributed by atoms with Crippen LogP contribution >= 0.6 is 59.8 Å². The van der Waals surface area contributed by atoms with Crippen molar-refractivity contribution >= 4 is 75.8 Å². The summed E-state index contributed by atoms with van der Waals surface area (Å²) < 4.78 is 5.54. The van der Waals surface area contributed by atoms with Crippen LogP contribution in [-0.2, 0) is 4.79 Å². The predicted molar refractivity (Wildman–Crippen MR) is 136 cm³/mol. The number of carboxylic acids is 1. The zero-order chi connectivity index (χ0) is 21.4. The minimum Gasteiger partial charge on any atom is -0.496 e. The Labute approximate surface area is 213 Å². The van der Waals surface area contributed by atoms with Gasteiger partial charge in [0.15, 0.2) is 5.17 Å². The molecule has 0 amide bonds. The fourth-order valence-corrected chi connectivity index (χ4v) is 5.26. The van der Waals surface area contributed by atoms with Crippen LogP contribution in [0.15, 0.2) is 64.9 Å². The van der Waals surface area contributed by atoms with Crippen LogP contribution in [0.3, 0.4) is 0 Å². The van der Waals surface area contributed by atoms with Gasteiger partial charge in [-0.15, -0.1) is 24.8 Å². The summed E-state index contributed by atoms with van der Waals surface area (Å²) in [6.07, 6.45) is 2.40. The van der Waals surface area contributed by atoms with Gasteiger partial charge < -0.3 is 14.7 Å². The Balaban J connectivity index is 0.00000181. The van der Waals surface area contributed by atoms with Gasteiger partial charge in [-0.3, -0.25) is 0 Å². The number of nitrogens with zero attached hydrogens (tertiary/aromatic N) is 2. The van der Waals surface area contributed by atoms with E-state index in [1.165, 1.54) is 11.8 Å². The third-order valence-electron chi connectivity index (χ3n) is 4.97. The second-order valence-corrected chi connectivity index (χ2v) is 8.54. The first-order valence-corrected chi connectivity index (χ1v) is 10.8. The number of allylic oxidation sites excluding steroid dienone is 1. The van der Waals surface area contributed by atoms with Gasteiger partial charge in [0.05, 0.1) is 29.4 Å². The van der Waals surface area contributed by atoms with E-state index in [-0.39, 0.29) is 30.4 Å². The van der Waals surface area contributed by atoms with Gasteiger partial charge in [-0.25, -0.2) is 9.79 Å². The topological polar surface area (TPSA) is 62.1 Å². The SMILES string of the molecule is CCC1=C(C(=O)O)C(c2ccccc2OC)N2C=C(c3ccc(Cl)cc3Cl)SC2=N1.Cl.Cl. The lowest BCUT2D eigenvalue weighted by Crippen LogP contribution is -2.34. The van der Waals surface area contributed by atoms with Gasteiger partial charge in [-0.05, 0) is 36.4 Å². The molecule has 170 valence electrons. The second-order valence-electron chi connectivity index (χ2n) is 6.68. The summed E-state index contributed by atoms with van der Waals surface area (Å²) in [7, 11) is 1.58. The predicted octanol–water partition coefficient (Wildman–Crippen LogP) is 7.05. The molecule has 0 aliphatic carbocycles. The molecule has 4 rings (SSSR count). The lowest BCUT2D eigenvalue weighted by molar-refractivity contribution is -0.133. The Morgan fingerprint density at radius 2 is 1.94 bits per heavy atom. The molecule has 0 aromatic heterocycles. The highest BCUT2D eigenvalue weighted by molar-refractivity contribution is 8.22. The molecular formula is C22H20Cl4N2O3S. The smallest absolute Gasteiger partial charge is 0.335 e. The van der Waals surface area contributed by atoms with E-state index in [0.29, 0.717) is 33.1 Å². The van der Waals surface area contributed by atoms with Gasteiger partial charge in [0.1, 0.15) is 5.75 Å². The zero-order valence-corrected chi connectivity index (χ0v) is 21.0. The molecule has 1 atom stereocenters.